The van der Waals surface area contributed by atoms with Gasteiger partial charge in [-0.3, -0.25) is 0 Å². The highest BCUT2D eigenvalue weighted by Crippen LogP contribution is 2.30. The number of halogens is 2. The second kappa shape index (κ2) is 6.10. The smallest absolute Gasteiger partial charge is 0.168 e. The fraction of sp³-hybridized carbons (Fsp3) is 0. The van der Waals surface area contributed by atoms with Crippen LogP contribution in [0.5, 0.6) is 0 Å². The molecule has 0 saturated heterocycles. The van der Waals surface area contributed by atoms with Crippen molar-refractivity contribution in [1.82, 2.24) is 14.6 Å². The van der Waals surface area contributed by atoms with Crippen LogP contribution in [-0.4, -0.2) is 14.6 Å². The van der Waals surface area contributed by atoms with Gasteiger partial charge in [0.05, 0.1) is 16.8 Å². The van der Waals surface area contributed by atoms with Gasteiger partial charge in [0.15, 0.2) is 5.65 Å². The zero-order valence-electron chi connectivity index (χ0n) is 13.9. The Kier molecular flexibility index (Phi) is 3.58. The second-order valence-electron chi connectivity index (χ2n) is 6.04. The Morgan fingerprint density at radius 1 is 1.07 bits per heavy atom. The van der Waals surface area contributed by atoms with Crippen molar-refractivity contribution in [2.45, 2.75) is 0 Å². The SMILES string of the molecule is Fc1ccc(Nc2ccn3ncc(-c4cc5ccccc5o4)c3n2)cc1Cl. The van der Waals surface area contributed by atoms with Gasteiger partial charge in [0.2, 0.25) is 0 Å². The van der Waals surface area contributed by atoms with E-state index in [-0.39, 0.29) is 5.02 Å². The molecule has 1 N–H and O–H groups in total. The van der Waals surface area contributed by atoms with Crippen LogP contribution in [0.4, 0.5) is 15.9 Å². The number of anilines is 2. The first-order chi connectivity index (χ1) is 13.2. The monoisotopic (exact) mass is 378 g/mol. The first-order valence-corrected chi connectivity index (χ1v) is 8.60. The maximum Gasteiger partial charge on any atom is 0.168 e. The van der Waals surface area contributed by atoms with Crippen LogP contribution in [-0.2, 0) is 0 Å². The number of nitrogens with zero attached hydrogens (tertiary/aromatic N) is 3. The van der Waals surface area contributed by atoms with Gasteiger partial charge < -0.3 is 9.73 Å². The van der Waals surface area contributed by atoms with Crippen LogP contribution in [0, 0.1) is 5.82 Å². The molecule has 0 saturated carbocycles. The Morgan fingerprint density at radius 3 is 2.81 bits per heavy atom. The van der Waals surface area contributed by atoms with E-state index in [0.29, 0.717) is 22.9 Å². The van der Waals surface area contributed by atoms with E-state index in [4.69, 9.17) is 16.0 Å². The largest absolute Gasteiger partial charge is 0.456 e. The standard InChI is InChI=1S/C20H12ClFN4O/c21-15-10-13(5-6-16(15)22)24-19-7-8-26-20(25-19)14(11-23-26)18-9-12-3-1-2-4-17(12)27-18/h1-11H,(H,24,25). The van der Waals surface area contributed by atoms with E-state index in [9.17, 15) is 4.39 Å². The minimum atomic E-state index is -0.464. The van der Waals surface area contributed by atoms with Crippen molar-refractivity contribution >= 4 is 39.7 Å². The summed E-state index contributed by atoms with van der Waals surface area (Å²) in [4.78, 5) is 4.62. The second-order valence-corrected chi connectivity index (χ2v) is 6.45. The molecule has 3 aromatic heterocycles. The van der Waals surface area contributed by atoms with Gasteiger partial charge in [-0.25, -0.2) is 13.9 Å². The average molecular weight is 379 g/mol. The van der Waals surface area contributed by atoms with Crippen LogP contribution in [0.2, 0.25) is 5.02 Å². The molecule has 5 aromatic rings. The third-order valence-corrected chi connectivity index (χ3v) is 4.54. The maximum atomic E-state index is 13.3. The molecule has 2 aromatic carbocycles. The Labute approximate surface area is 158 Å². The van der Waals surface area contributed by atoms with E-state index >= 15 is 0 Å². The summed E-state index contributed by atoms with van der Waals surface area (Å²) in [6, 6.07) is 16.0. The molecule has 0 fully saturated rings. The van der Waals surface area contributed by atoms with Gasteiger partial charge >= 0.3 is 0 Å². The van der Waals surface area contributed by atoms with Crippen LogP contribution >= 0.6 is 11.6 Å². The molecule has 7 heteroatoms. The fourth-order valence-corrected chi connectivity index (χ4v) is 3.13. The van der Waals surface area contributed by atoms with Gasteiger partial charge in [0.25, 0.3) is 0 Å². The van der Waals surface area contributed by atoms with E-state index in [1.807, 2.05) is 30.3 Å². The van der Waals surface area contributed by atoms with Crippen LogP contribution in [0.3, 0.4) is 0 Å². The summed E-state index contributed by atoms with van der Waals surface area (Å²) < 4.78 is 20.9. The van der Waals surface area contributed by atoms with Crippen molar-refractivity contribution in [3.63, 3.8) is 0 Å². The third kappa shape index (κ3) is 2.80. The molecule has 0 aliphatic rings. The molecule has 0 radical (unpaired) electrons. The normalized spacial score (nSPS) is 11.3. The van der Waals surface area contributed by atoms with Crippen LogP contribution in [0.15, 0.2) is 71.4 Å². The average Bonchev–Trinajstić information content (AvgIpc) is 3.28. The highest BCUT2D eigenvalue weighted by molar-refractivity contribution is 6.31. The lowest BCUT2D eigenvalue weighted by molar-refractivity contribution is 0.628. The van der Waals surface area contributed by atoms with Crippen molar-refractivity contribution < 1.29 is 8.81 Å². The lowest BCUT2D eigenvalue weighted by Gasteiger charge is -2.07. The topological polar surface area (TPSA) is 55.4 Å². The first-order valence-electron chi connectivity index (χ1n) is 8.23. The quantitative estimate of drug-likeness (QED) is 0.439. The van der Waals surface area contributed by atoms with Gasteiger partial charge in [0.1, 0.15) is 23.0 Å². The van der Waals surface area contributed by atoms with Gasteiger partial charge in [-0.1, -0.05) is 29.8 Å². The number of hydrogen-bond donors (Lipinski definition) is 1. The van der Waals surface area contributed by atoms with Crippen LogP contribution in [0.25, 0.3) is 27.9 Å². The molecule has 0 unspecified atom stereocenters. The molecule has 27 heavy (non-hydrogen) atoms. The number of fused-ring (bicyclic) bond motifs is 2. The molecule has 3 heterocycles. The number of rotatable bonds is 3. The Bertz CT molecular complexity index is 1260. The number of hydrogen-bond acceptors (Lipinski definition) is 4. The highest BCUT2D eigenvalue weighted by Gasteiger charge is 2.13. The zero-order valence-corrected chi connectivity index (χ0v) is 14.6. The van der Waals surface area contributed by atoms with Crippen LogP contribution < -0.4 is 5.32 Å². The molecule has 132 valence electrons. The molecule has 5 nitrogen and oxygen atoms in total. The molecule has 5 rings (SSSR count). The van der Waals surface area contributed by atoms with Crippen molar-refractivity contribution in [2.24, 2.45) is 0 Å². The number of nitrogens with one attached hydrogen (secondary N) is 1. The Hall–Kier alpha value is -3.38. The lowest BCUT2D eigenvalue weighted by Crippen LogP contribution is -1.97. The zero-order chi connectivity index (χ0) is 18.4. The predicted molar refractivity (Wildman–Crippen MR) is 103 cm³/mol. The number of para-hydroxylation sites is 1. The summed E-state index contributed by atoms with van der Waals surface area (Å²) in [7, 11) is 0. The van der Waals surface area contributed by atoms with Crippen molar-refractivity contribution in [3.8, 4) is 11.3 Å². The summed E-state index contributed by atoms with van der Waals surface area (Å²) in [6.45, 7) is 0. The Morgan fingerprint density at radius 2 is 1.96 bits per heavy atom. The number of aromatic nitrogens is 3. The van der Waals surface area contributed by atoms with E-state index in [0.717, 1.165) is 16.5 Å². The summed E-state index contributed by atoms with van der Waals surface area (Å²) >= 11 is 5.84. The number of benzene rings is 2. The molecule has 0 aliphatic carbocycles. The summed E-state index contributed by atoms with van der Waals surface area (Å²) in [5.41, 5.74) is 2.88. The highest BCUT2D eigenvalue weighted by atomic mass is 35.5. The van der Waals surface area contributed by atoms with Gasteiger partial charge in [0, 0.05) is 17.3 Å². The molecule has 0 bridgehead atoms. The predicted octanol–water partition coefficient (Wildman–Crippen LogP) is 5.68. The minimum absolute atomic E-state index is 0.0494. The molecular weight excluding hydrogens is 367 g/mol. The maximum absolute atomic E-state index is 13.3. The summed E-state index contributed by atoms with van der Waals surface area (Å²) in [5.74, 6) is 0.817. The molecule has 0 atom stereocenters. The van der Waals surface area contributed by atoms with Gasteiger partial charge in [-0.2, -0.15) is 5.10 Å². The minimum Gasteiger partial charge on any atom is -0.456 e. The lowest BCUT2D eigenvalue weighted by atomic mass is 10.2. The first kappa shape index (κ1) is 15.8. The molecule has 0 amide bonds. The summed E-state index contributed by atoms with van der Waals surface area (Å²) in [5, 5.41) is 8.53. The molecule has 0 aliphatic heterocycles. The van der Waals surface area contributed by atoms with Gasteiger partial charge in [-0.05, 0) is 36.4 Å². The van der Waals surface area contributed by atoms with Crippen molar-refractivity contribution in [1.29, 1.82) is 0 Å². The van der Waals surface area contributed by atoms with Crippen LogP contribution in [0.1, 0.15) is 0 Å². The van der Waals surface area contributed by atoms with Gasteiger partial charge in [-0.15, -0.1) is 0 Å². The fourth-order valence-electron chi connectivity index (χ4n) is 2.95. The summed E-state index contributed by atoms with van der Waals surface area (Å²) in [6.07, 6.45) is 3.51. The van der Waals surface area contributed by atoms with E-state index in [1.165, 1.54) is 12.1 Å². The van der Waals surface area contributed by atoms with E-state index < -0.39 is 5.82 Å². The number of furan rings is 1. The van der Waals surface area contributed by atoms with E-state index in [1.54, 1.807) is 29.0 Å². The molecule has 0 spiro atoms. The third-order valence-electron chi connectivity index (χ3n) is 4.25. The van der Waals surface area contributed by atoms with E-state index in [2.05, 4.69) is 15.4 Å². The molecular formula is C20H12ClFN4O. The van der Waals surface area contributed by atoms with Crippen molar-refractivity contribution in [3.05, 3.63) is 77.8 Å². The van der Waals surface area contributed by atoms with Crippen molar-refractivity contribution in [2.75, 3.05) is 5.32 Å². The Balaban J connectivity index is 1.56.